The molecule has 0 aromatic heterocycles. The molecule has 3 fully saturated rings. The van der Waals surface area contributed by atoms with E-state index in [1.165, 1.54) is 12.0 Å². The number of hydrogen-bond donors (Lipinski definition) is 3. The fourth-order valence-corrected chi connectivity index (χ4v) is 11.3. The fraction of sp³-hybridized carbons (Fsp3) is 0.750. The van der Waals surface area contributed by atoms with Crippen LogP contribution in [0.25, 0.3) is 0 Å². The molecule has 1 amide bonds. The minimum atomic E-state index is -2.43. The number of esters is 1. The monoisotopic (exact) mass is 974 g/mol. The number of nitrogens with zero attached hydrogens (tertiary/aromatic N) is 1. The van der Waals surface area contributed by atoms with Gasteiger partial charge >= 0.3 is 13.9 Å². The van der Waals surface area contributed by atoms with E-state index in [-0.39, 0.29) is 60.9 Å². The highest BCUT2D eigenvalue weighted by Crippen LogP contribution is 2.38. The Morgan fingerprint density at radius 2 is 1.62 bits per heavy atom. The number of piperidine rings is 1. The molecule has 0 spiro atoms. The van der Waals surface area contributed by atoms with Gasteiger partial charge in [-0.1, -0.05) is 75.6 Å². The predicted octanol–water partition coefficient (Wildman–Crippen LogP) is 7.15. The van der Waals surface area contributed by atoms with Gasteiger partial charge in [-0.25, -0.2) is 4.79 Å². The number of ketones is 3. The summed E-state index contributed by atoms with van der Waals surface area (Å²) in [6.45, 7) is 14.4. The van der Waals surface area contributed by atoms with E-state index in [1.807, 2.05) is 58.1 Å². The summed E-state index contributed by atoms with van der Waals surface area (Å²) in [5, 5.41) is 26.6. The maximum atomic E-state index is 14.5. The number of aliphatic hydroxyl groups is 2. The predicted molar refractivity (Wildman–Crippen MR) is 260 cm³/mol. The highest BCUT2D eigenvalue weighted by molar-refractivity contribution is 7.41. The number of hydrogen-bond acceptors (Lipinski definition) is 13. The molecule has 68 heavy (non-hydrogen) atoms. The largest absolute Gasteiger partial charge is 0.460 e. The second-order valence-electron chi connectivity index (χ2n) is 20.3. The number of rotatable bonds is 8. The van der Waals surface area contributed by atoms with Crippen LogP contribution in [0.1, 0.15) is 126 Å². The lowest BCUT2D eigenvalue weighted by atomic mass is 9.78. The SMILES string of the molecule is CO[C@H]1C[C@@H]2CC[C@@H](C)[C@@](O)(O2)C(=O)C(=O)N2CCCCC2C(=O)O[C@H]([C@H](C)C[C@@H]2CCC(N[P+](C)=O)[C@H](OC)C2)CC(=O)[C@H](C)/C=C(\C)[C@@H](O)[C@@H](OC)C(=O)[C@H](C)C[C@H](C)/C=C/C=C/C=C/1C. The molecule has 1 aliphatic carbocycles. The van der Waals surface area contributed by atoms with E-state index in [4.69, 9.17) is 23.7 Å². The van der Waals surface area contributed by atoms with Gasteiger partial charge < -0.3 is 38.8 Å². The zero-order valence-electron chi connectivity index (χ0n) is 42.5. The Morgan fingerprint density at radius 1 is 0.897 bits per heavy atom. The first-order chi connectivity index (χ1) is 32.1. The molecule has 0 aromatic rings. The van der Waals surface area contributed by atoms with Gasteiger partial charge in [0.05, 0.1) is 24.4 Å². The number of amides is 1. The number of carbonyl (C=O) groups excluding carboxylic acids is 5. The first-order valence-corrected chi connectivity index (χ1v) is 26.5. The van der Waals surface area contributed by atoms with E-state index in [0.717, 1.165) is 18.4 Å². The van der Waals surface area contributed by atoms with Crippen molar-refractivity contribution in [3.8, 4) is 0 Å². The third kappa shape index (κ3) is 15.4. The van der Waals surface area contributed by atoms with Crippen molar-refractivity contribution in [3.05, 3.63) is 47.6 Å². The molecule has 3 heterocycles. The summed E-state index contributed by atoms with van der Waals surface area (Å²) in [6, 6.07) is -1.22. The molecule has 2 bridgehead atoms. The number of nitrogens with one attached hydrogen (secondary N) is 1. The molecular formula is C52H82N2O13P+. The molecule has 16 heteroatoms. The van der Waals surface area contributed by atoms with Crippen LogP contribution in [0.4, 0.5) is 0 Å². The normalized spacial score (nSPS) is 39.4. The summed E-state index contributed by atoms with van der Waals surface area (Å²) in [4.78, 5) is 72.1. The summed E-state index contributed by atoms with van der Waals surface area (Å²) in [6.07, 6.45) is 12.2. The number of carbonyl (C=O) groups is 5. The topological polar surface area (TPSA) is 204 Å². The van der Waals surface area contributed by atoms with Gasteiger partial charge in [-0.15, -0.1) is 5.09 Å². The second kappa shape index (κ2) is 26.8. The first kappa shape index (κ1) is 57.3. The number of Topliss-reactive ketones (excluding diaryl/α,β-unsaturated/α-hetero) is 3. The van der Waals surface area contributed by atoms with Crippen LogP contribution >= 0.6 is 7.95 Å². The molecule has 3 aliphatic heterocycles. The summed E-state index contributed by atoms with van der Waals surface area (Å²) in [5.41, 5.74) is 1.26. The van der Waals surface area contributed by atoms with Crippen molar-refractivity contribution in [2.45, 2.75) is 180 Å². The highest BCUT2D eigenvalue weighted by atomic mass is 31.1. The molecule has 15 nitrogen and oxygen atoms in total. The van der Waals surface area contributed by atoms with Crippen molar-refractivity contribution in [2.75, 3.05) is 34.5 Å². The molecule has 0 aromatic carbocycles. The van der Waals surface area contributed by atoms with Gasteiger partial charge in [0.2, 0.25) is 5.79 Å². The maximum Gasteiger partial charge on any atom is 0.429 e. The number of ether oxygens (including phenoxy) is 5. The first-order valence-electron chi connectivity index (χ1n) is 24.8. The highest BCUT2D eigenvalue weighted by Gasteiger charge is 2.53. The fourth-order valence-electron chi connectivity index (χ4n) is 10.5. The number of cyclic esters (lactones) is 1. The lowest BCUT2D eigenvalue weighted by Crippen LogP contribution is -2.61. The van der Waals surface area contributed by atoms with E-state index in [9.17, 15) is 38.8 Å². The van der Waals surface area contributed by atoms with E-state index in [0.29, 0.717) is 56.9 Å². The Labute approximate surface area is 406 Å². The quantitative estimate of drug-likeness (QED) is 0.0957. The molecular weight excluding hydrogens is 892 g/mol. The minimum absolute atomic E-state index is 0.0153. The lowest BCUT2D eigenvalue weighted by Gasteiger charge is -2.42. The number of methoxy groups -OCH3 is 3. The van der Waals surface area contributed by atoms with Crippen molar-refractivity contribution in [3.63, 3.8) is 0 Å². The number of aliphatic hydroxyl groups excluding tert-OH is 1. The van der Waals surface area contributed by atoms with Crippen molar-refractivity contribution >= 4 is 37.2 Å². The van der Waals surface area contributed by atoms with E-state index >= 15 is 0 Å². The van der Waals surface area contributed by atoms with Gasteiger partial charge in [-0.2, -0.15) is 0 Å². The number of allylic oxidation sites excluding steroid dienone is 6. The average Bonchev–Trinajstić information content (AvgIpc) is 3.30. The maximum absolute atomic E-state index is 14.5. The van der Waals surface area contributed by atoms with Crippen LogP contribution in [-0.2, 0) is 52.2 Å². The smallest absolute Gasteiger partial charge is 0.429 e. The van der Waals surface area contributed by atoms with Gasteiger partial charge in [-0.3, -0.25) is 19.2 Å². The lowest BCUT2D eigenvalue weighted by molar-refractivity contribution is -0.265. The van der Waals surface area contributed by atoms with Crippen molar-refractivity contribution in [1.29, 1.82) is 0 Å². The van der Waals surface area contributed by atoms with Crippen molar-refractivity contribution in [1.82, 2.24) is 9.99 Å². The Morgan fingerprint density at radius 3 is 2.28 bits per heavy atom. The minimum Gasteiger partial charge on any atom is -0.460 e. The Hall–Kier alpha value is -3.27. The van der Waals surface area contributed by atoms with Crippen LogP contribution in [0.2, 0.25) is 0 Å². The van der Waals surface area contributed by atoms with Crippen LogP contribution in [0.3, 0.4) is 0 Å². The van der Waals surface area contributed by atoms with Crippen LogP contribution < -0.4 is 5.09 Å². The molecule has 0 radical (unpaired) electrons. The summed E-state index contributed by atoms with van der Waals surface area (Å²) < 4.78 is 41.8. The Kier molecular flexibility index (Phi) is 22.6. The molecule has 4 aliphatic rings. The van der Waals surface area contributed by atoms with E-state index < -0.39 is 85.7 Å². The molecule has 1 saturated carbocycles. The van der Waals surface area contributed by atoms with Gasteiger partial charge in [-0.05, 0) is 107 Å². The number of fused-ring (bicyclic) bond motifs is 3. The average molecular weight is 974 g/mol. The molecule has 4 rings (SSSR count). The van der Waals surface area contributed by atoms with Gasteiger partial charge in [0.1, 0.15) is 30.1 Å². The zero-order valence-corrected chi connectivity index (χ0v) is 43.4. The van der Waals surface area contributed by atoms with E-state index in [2.05, 4.69) is 5.09 Å². The van der Waals surface area contributed by atoms with Gasteiger partial charge in [0.25, 0.3) is 11.7 Å². The van der Waals surface area contributed by atoms with Crippen LogP contribution in [0.5, 0.6) is 0 Å². The summed E-state index contributed by atoms with van der Waals surface area (Å²) in [7, 11) is 3.00. The third-order valence-electron chi connectivity index (χ3n) is 14.9. The van der Waals surface area contributed by atoms with Crippen LogP contribution in [0.15, 0.2) is 47.6 Å². The second-order valence-corrected chi connectivity index (χ2v) is 21.5. The molecule has 3 N–H and O–H groups in total. The van der Waals surface area contributed by atoms with Gasteiger partial charge in [0.15, 0.2) is 12.4 Å². The standard InChI is InChI=1S/C52H82N2O13P/c1-31-17-13-12-14-18-32(2)43(63-8)29-39-22-20-37(7)52(61,67-39)49(58)50(59)54-24-16-15-19-41(54)51(60)66-44(34(4)27-38-21-23-40(53-68(11)62)45(28-38)64-9)30-42(55)33(3)26-36(6)47(57)48(65-10)46(56)35(5)25-31/h12-14,17-18,26,31,33-35,37-41,43-45,47-48,57,61H,15-16,19-25,27-30H2,1-11H3,(H,53,62)/q+1/b14-12+,17-13+,32-18+,36-26+/t31-,33-,34-,35-,37-,38+,39+,40?,41?,43+,44+,45-,47-,48+,52-/m1/s1. The summed E-state index contributed by atoms with van der Waals surface area (Å²) >= 11 is 0. The van der Waals surface area contributed by atoms with Crippen LogP contribution in [0, 0.1) is 35.5 Å². The summed E-state index contributed by atoms with van der Waals surface area (Å²) in [5.74, 6) is -7.97. The molecule has 382 valence electrons. The molecule has 3 unspecified atom stereocenters. The van der Waals surface area contributed by atoms with Crippen LogP contribution in [-0.4, -0.2) is 133 Å². The van der Waals surface area contributed by atoms with Crippen molar-refractivity contribution < 1.29 is 62.4 Å². The van der Waals surface area contributed by atoms with E-state index in [1.54, 1.807) is 47.7 Å². The molecule has 16 atom stereocenters. The molecule has 2 saturated heterocycles. The Balaban J connectivity index is 1.70. The van der Waals surface area contributed by atoms with Crippen molar-refractivity contribution in [2.24, 2.45) is 35.5 Å². The van der Waals surface area contributed by atoms with Gasteiger partial charge in [0, 0.05) is 58.5 Å². The zero-order chi connectivity index (χ0) is 50.5. The Bertz CT molecular complexity index is 1880. The third-order valence-corrected chi connectivity index (χ3v) is 15.6.